The molecular weight excluding hydrogens is 463 g/mol. The number of carbonyl (C=O) groups is 1. The predicted molar refractivity (Wildman–Crippen MR) is 136 cm³/mol. The van der Waals surface area contributed by atoms with E-state index in [2.05, 4.69) is 42.8 Å². The monoisotopic (exact) mass is 490 g/mol. The molecule has 0 spiro atoms. The summed E-state index contributed by atoms with van der Waals surface area (Å²) in [4.78, 5) is 25.2. The number of anilines is 4. The Balaban J connectivity index is 1.88. The molecule has 5 N–H and O–H groups in total. The van der Waals surface area contributed by atoms with E-state index in [9.17, 15) is 14.3 Å². The minimum absolute atomic E-state index is 0.160. The molecule has 0 bridgehead atoms. The Morgan fingerprint density at radius 1 is 1.17 bits per heavy atom. The minimum atomic E-state index is -1.66. The molecule has 0 saturated carbocycles. The number of aromatic nitrogens is 3. The highest BCUT2D eigenvalue weighted by Gasteiger charge is 2.27. The van der Waals surface area contributed by atoms with E-state index in [1.165, 1.54) is 32.4 Å². The molecule has 0 unspecified atom stereocenters. The number of carbonyl (C=O) groups excluding carboxylic acids is 1. The number of nitrogens with zero attached hydrogens (tertiary/aromatic N) is 4. The Labute approximate surface area is 208 Å². The smallest absolute Gasteiger partial charge is 0.255 e. The Kier molecular flexibility index (Phi) is 8.14. The predicted octanol–water partition coefficient (Wildman–Crippen LogP) is 3.26. The van der Waals surface area contributed by atoms with Gasteiger partial charge in [-0.15, -0.1) is 0 Å². The van der Waals surface area contributed by atoms with Crippen molar-refractivity contribution < 1.29 is 14.3 Å². The van der Waals surface area contributed by atoms with Crippen molar-refractivity contribution in [2.45, 2.75) is 25.6 Å². The lowest BCUT2D eigenvalue weighted by Gasteiger charge is -2.22. The molecule has 3 rings (SSSR count). The van der Waals surface area contributed by atoms with Gasteiger partial charge in [0, 0.05) is 30.7 Å². The molecule has 1 amide bonds. The van der Waals surface area contributed by atoms with Crippen LogP contribution >= 0.6 is 0 Å². The number of aliphatic hydroxyl groups is 1. The van der Waals surface area contributed by atoms with Crippen LogP contribution in [-0.4, -0.2) is 51.3 Å². The van der Waals surface area contributed by atoms with Crippen LogP contribution in [0.3, 0.4) is 0 Å². The number of halogens is 1. The lowest BCUT2D eigenvalue weighted by Crippen LogP contribution is -2.42. The largest absolute Gasteiger partial charge is 0.388 e. The fourth-order valence-corrected chi connectivity index (χ4v) is 2.95. The molecule has 36 heavy (non-hydrogen) atoms. The van der Waals surface area contributed by atoms with Crippen LogP contribution < -0.4 is 21.3 Å². The van der Waals surface area contributed by atoms with Crippen molar-refractivity contribution in [1.82, 2.24) is 25.6 Å². The van der Waals surface area contributed by atoms with E-state index in [1.54, 1.807) is 13.1 Å². The zero-order chi connectivity index (χ0) is 26.3. The first-order chi connectivity index (χ1) is 17.1. The lowest BCUT2D eigenvalue weighted by atomic mass is 10.0. The molecule has 0 radical (unpaired) electrons. The van der Waals surface area contributed by atoms with Gasteiger partial charge in [-0.3, -0.25) is 4.79 Å². The van der Waals surface area contributed by atoms with Crippen LogP contribution in [0.1, 0.15) is 35.3 Å². The second-order valence-corrected chi connectivity index (χ2v) is 8.41. The quantitative estimate of drug-likeness (QED) is 0.289. The average Bonchev–Trinajstić information content (AvgIpc) is 2.87. The second-order valence-electron chi connectivity index (χ2n) is 8.41. The molecule has 11 heteroatoms. The molecule has 1 aromatic carbocycles. The van der Waals surface area contributed by atoms with Crippen molar-refractivity contribution in [3.63, 3.8) is 0 Å². The maximum atomic E-state index is 14.2. The van der Waals surface area contributed by atoms with Crippen molar-refractivity contribution in [1.29, 1.82) is 5.26 Å². The van der Waals surface area contributed by atoms with Gasteiger partial charge in [0.1, 0.15) is 18.1 Å². The molecule has 0 saturated heterocycles. The van der Waals surface area contributed by atoms with Gasteiger partial charge in [-0.25, -0.2) is 19.3 Å². The average molecular weight is 491 g/mol. The van der Waals surface area contributed by atoms with Crippen LogP contribution in [0.2, 0.25) is 0 Å². The van der Waals surface area contributed by atoms with Crippen LogP contribution in [0, 0.1) is 11.3 Å². The van der Waals surface area contributed by atoms with Gasteiger partial charge in [-0.05, 0) is 31.5 Å². The number of hydrogen-bond donors (Lipinski definition) is 5. The highest BCUT2D eigenvalue weighted by Crippen LogP contribution is 2.25. The third kappa shape index (κ3) is 6.74. The van der Waals surface area contributed by atoms with Crippen molar-refractivity contribution >= 4 is 34.7 Å². The number of rotatable bonds is 10. The molecule has 1 atom stereocenters. The molecule has 3 aromatic rings. The fourth-order valence-electron chi connectivity index (χ4n) is 2.95. The van der Waals surface area contributed by atoms with Crippen molar-refractivity contribution in [3.05, 3.63) is 72.2 Å². The first kappa shape index (κ1) is 26.1. The number of hydrogen-bond acceptors (Lipinski definition) is 9. The van der Waals surface area contributed by atoms with E-state index in [-0.39, 0.29) is 18.1 Å². The second kappa shape index (κ2) is 11.2. The van der Waals surface area contributed by atoms with E-state index in [0.717, 1.165) is 11.3 Å². The molecule has 0 aliphatic heterocycles. The van der Waals surface area contributed by atoms with Crippen LogP contribution in [0.5, 0.6) is 0 Å². The van der Waals surface area contributed by atoms with Crippen molar-refractivity contribution in [2.75, 3.05) is 24.2 Å². The molecule has 2 aromatic heterocycles. The fraction of sp³-hybridized carbons (Fsp3) is 0.240. The summed E-state index contributed by atoms with van der Waals surface area (Å²) in [6, 6.07) is 10.9. The Bertz CT molecular complexity index is 1270. The number of nitrogens with one attached hydrogen (secondary N) is 4. The van der Waals surface area contributed by atoms with Crippen LogP contribution in [0.15, 0.2) is 55.5 Å². The zero-order valence-corrected chi connectivity index (χ0v) is 20.1. The highest BCUT2D eigenvalue weighted by atomic mass is 19.1. The third-order valence-electron chi connectivity index (χ3n) is 5.19. The van der Waals surface area contributed by atoms with Crippen molar-refractivity contribution in [3.8, 4) is 6.07 Å². The number of pyridine rings is 1. The van der Waals surface area contributed by atoms with Crippen LogP contribution in [-0.2, 0) is 0 Å². The zero-order valence-electron chi connectivity index (χ0n) is 20.1. The van der Waals surface area contributed by atoms with E-state index in [4.69, 9.17) is 5.26 Å². The summed E-state index contributed by atoms with van der Waals surface area (Å²) >= 11 is 0. The third-order valence-corrected chi connectivity index (χ3v) is 5.19. The van der Waals surface area contributed by atoms with Gasteiger partial charge in [0.05, 0.1) is 41.4 Å². The van der Waals surface area contributed by atoms with E-state index < -0.39 is 17.7 Å². The van der Waals surface area contributed by atoms with E-state index >= 15 is 0 Å². The van der Waals surface area contributed by atoms with Gasteiger partial charge < -0.3 is 26.4 Å². The Morgan fingerprint density at radius 2 is 1.83 bits per heavy atom. The van der Waals surface area contributed by atoms with Gasteiger partial charge in [0.25, 0.3) is 5.91 Å². The number of amides is 1. The normalized spacial score (nSPS) is 11.7. The molecule has 0 aliphatic carbocycles. The van der Waals surface area contributed by atoms with Crippen LogP contribution in [0.25, 0.3) is 5.70 Å². The summed E-state index contributed by atoms with van der Waals surface area (Å²) < 4.78 is 14.2. The Hall–Kier alpha value is -4.56. The lowest BCUT2D eigenvalue weighted by molar-refractivity contribution is -0.00177. The first-order valence-electron chi connectivity index (χ1n) is 11.0. The number of benzene rings is 1. The summed E-state index contributed by atoms with van der Waals surface area (Å²) in [6.45, 7) is 6.22. The van der Waals surface area contributed by atoms with Crippen molar-refractivity contribution in [2.24, 2.45) is 0 Å². The van der Waals surface area contributed by atoms with E-state index in [0.29, 0.717) is 22.8 Å². The number of alkyl halides is 1. The van der Waals surface area contributed by atoms with Gasteiger partial charge in [0.2, 0.25) is 5.95 Å². The Morgan fingerprint density at radius 3 is 2.42 bits per heavy atom. The summed E-state index contributed by atoms with van der Waals surface area (Å²) in [5, 5.41) is 30.3. The first-order valence-corrected chi connectivity index (χ1v) is 11.0. The maximum Gasteiger partial charge on any atom is 0.255 e. The molecule has 0 aliphatic rings. The molecular formula is C25H27FN8O2. The van der Waals surface area contributed by atoms with Gasteiger partial charge in [-0.2, -0.15) is 5.26 Å². The number of nitriles is 1. The molecule has 2 heterocycles. The highest BCUT2D eigenvalue weighted by molar-refractivity contribution is 6.00. The molecule has 10 nitrogen and oxygen atoms in total. The van der Waals surface area contributed by atoms with E-state index in [1.807, 2.05) is 30.3 Å². The van der Waals surface area contributed by atoms with Gasteiger partial charge in [0.15, 0.2) is 0 Å². The summed E-state index contributed by atoms with van der Waals surface area (Å²) in [5.41, 5.74) is 1.60. The summed E-state index contributed by atoms with van der Waals surface area (Å²) in [6.07, 6.45) is 2.41. The van der Waals surface area contributed by atoms with Gasteiger partial charge >= 0.3 is 0 Å². The van der Waals surface area contributed by atoms with Gasteiger partial charge in [-0.1, -0.05) is 18.7 Å². The SMILES string of the molecule is C=C(NC)c1ccc(Nc2cc(Nc3ncc(C#N)cn3)ncc2C(=O)NC[C@@H](F)C(C)(C)O)cc1. The minimum Gasteiger partial charge on any atom is -0.388 e. The maximum absolute atomic E-state index is 14.2. The molecule has 0 fully saturated rings. The summed E-state index contributed by atoms with van der Waals surface area (Å²) in [7, 11) is 1.78. The standard InChI is InChI=1S/C25H27FN8O2/c1-15(28-4)17-5-7-18(8-6-17)33-20-9-22(34-24-31-11-16(10-27)12-32-24)29-13-19(20)23(35)30-14-21(26)25(2,3)36/h5-9,11-13,21,28,36H,1,14H2,2-4H3,(H,30,35)(H2,29,31,32,33,34)/t21-/m1/s1. The topological polar surface area (TPSA) is 148 Å². The van der Waals surface area contributed by atoms with Crippen LogP contribution in [0.4, 0.5) is 27.5 Å². The summed E-state index contributed by atoms with van der Waals surface area (Å²) in [5.74, 6) is -0.0258. The molecule has 186 valence electrons.